The van der Waals surface area contributed by atoms with Crippen LogP contribution in [0.3, 0.4) is 0 Å². The molecule has 1 aliphatic rings. The van der Waals surface area contributed by atoms with Crippen molar-refractivity contribution in [1.29, 1.82) is 0 Å². The average molecular weight is 304 g/mol. The third kappa shape index (κ3) is 4.23. The van der Waals surface area contributed by atoms with Gasteiger partial charge in [-0.3, -0.25) is 4.79 Å². The van der Waals surface area contributed by atoms with Crippen LogP contribution in [-0.4, -0.2) is 43.6 Å². The van der Waals surface area contributed by atoms with Crippen molar-refractivity contribution >= 4 is 5.91 Å². The minimum atomic E-state index is -0.434. The number of amides is 1. The van der Waals surface area contributed by atoms with E-state index in [0.717, 1.165) is 31.8 Å². The Morgan fingerprint density at radius 2 is 2.18 bits per heavy atom. The molecule has 1 amide bonds. The second-order valence-electron chi connectivity index (χ2n) is 6.48. The largest absolute Gasteiger partial charge is 0.481 e. The van der Waals surface area contributed by atoms with Crippen LogP contribution in [0.4, 0.5) is 0 Å². The number of likely N-dealkylation sites (tertiary alicyclic amines) is 1. The van der Waals surface area contributed by atoms with Crippen LogP contribution in [0.1, 0.15) is 38.7 Å². The quantitative estimate of drug-likeness (QED) is 0.878. The zero-order valence-electron chi connectivity index (χ0n) is 14.1. The molecule has 122 valence electrons. The van der Waals surface area contributed by atoms with Gasteiger partial charge in [0.1, 0.15) is 5.75 Å². The normalized spacial score (nSPS) is 19.5. The lowest BCUT2D eigenvalue weighted by Crippen LogP contribution is -2.39. The predicted molar refractivity (Wildman–Crippen MR) is 89.2 cm³/mol. The number of hydrogen-bond acceptors (Lipinski definition) is 3. The summed E-state index contributed by atoms with van der Waals surface area (Å²) < 4.78 is 5.87. The van der Waals surface area contributed by atoms with Crippen LogP contribution in [0, 0.1) is 5.92 Å². The molecule has 0 saturated carbocycles. The summed E-state index contributed by atoms with van der Waals surface area (Å²) in [5, 5.41) is 3.19. The summed E-state index contributed by atoms with van der Waals surface area (Å²) in [5.41, 5.74) is 1.23. The van der Waals surface area contributed by atoms with Gasteiger partial charge in [0.25, 0.3) is 5.91 Å². The molecule has 0 bridgehead atoms. The molecule has 22 heavy (non-hydrogen) atoms. The van der Waals surface area contributed by atoms with Gasteiger partial charge in [-0.15, -0.1) is 0 Å². The number of carbonyl (C=O) groups excluding carboxylic acids is 1. The van der Waals surface area contributed by atoms with E-state index in [1.165, 1.54) is 5.56 Å². The van der Waals surface area contributed by atoms with Crippen molar-refractivity contribution in [2.75, 3.05) is 26.7 Å². The monoisotopic (exact) mass is 304 g/mol. The van der Waals surface area contributed by atoms with Crippen LogP contribution < -0.4 is 10.1 Å². The molecule has 1 heterocycles. The highest BCUT2D eigenvalue weighted by Gasteiger charge is 2.29. The van der Waals surface area contributed by atoms with E-state index in [0.29, 0.717) is 11.8 Å². The van der Waals surface area contributed by atoms with E-state index in [9.17, 15) is 4.79 Å². The van der Waals surface area contributed by atoms with Crippen LogP contribution in [0.15, 0.2) is 24.3 Å². The van der Waals surface area contributed by atoms with E-state index in [1.54, 1.807) is 0 Å². The molecule has 4 nitrogen and oxygen atoms in total. The van der Waals surface area contributed by atoms with E-state index < -0.39 is 6.10 Å². The summed E-state index contributed by atoms with van der Waals surface area (Å²) >= 11 is 0. The van der Waals surface area contributed by atoms with Crippen LogP contribution in [0.5, 0.6) is 5.75 Å². The van der Waals surface area contributed by atoms with Crippen molar-refractivity contribution in [1.82, 2.24) is 10.2 Å². The van der Waals surface area contributed by atoms with Crippen LogP contribution >= 0.6 is 0 Å². The van der Waals surface area contributed by atoms with E-state index >= 15 is 0 Å². The summed E-state index contributed by atoms with van der Waals surface area (Å²) in [6.45, 7) is 8.79. The zero-order chi connectivity index (χ0) is 16.1. The first-order valence-corrected chi connectivity index (χ1v) is 8.21. The number of rotatable bonds is 6. The maximum absolute atomic E-state index is 12.5. The Bertz CT molecular complexity index is 502. The lowest BCUT2D eigenvalue weighted by molar-refractivity contribution is -0.137. The number of nitrogens with one attached hydrogen (secondary N) is 1. The molecule has 1 aromatic rings. The van der Waals surface area contributed by atoms with Gasteiger partial charge in [-0.05, 0) is 56.5 Å². The first-order chi connectivity index (χ1) is 10.5. The van der Waals surface area contributed by atoms with Crippen LogP contribution in [0.25, 0.3) is 0 Å². The third-order valence-electron chi connectivity index (χ3n) is 4.28. The molecule has 2 unspecified atom stereocenters. The Kier molecular flexibility index (Phi) is 5.83. The maximum Gasteiger partial charge on any atom is 0.263 e. The SMILES string of the molecule is CNCC1CCN(C(=O)C(C)Oc2cccc(C(C)C)c2)C1. The van der Waals surface area contributed by atoms with Crippen molar-refractivity contribution in [2.45, 2.75) is 39.2 Å². The second kappa shape index (κ2) is 7.63. The van der Waals surface area contributed by atoms with E-state index in [4.69, 9.17) is 4.74 Å². The Morgan fingerprint density at radius 1 is 1.41 bits per heavy atom. The van der Waals surface area contributed by atoms with Gasteiger partial charge in [-0.2, -0.15) is 0 Å². The van der Waals surface area contributed by atoms with Crippen molar-refractivity contribution < 1.29 is 9.53 Å². The number of benzene rings is 1. The highest BCUT2D eigenvalue weighted by Crippen LogP contribution is 2.22. The lowest BCUT2D eigenvalue weighted by atomic mass is 10.0. The summed E-state index contributed by atoms with van der Waals surface area (Å²) in [6.07, 6.45) is 0.637. The van der Waals surface area contributed by atoms with Gasteiger partial charge < -0.3 is 15.0 Å². The third-order valence-corrected chi connectivity index (χ3v) is 4.28. The highest BCUT2D eigenvalue weighted by molar-refractivity contribution is 5.81. The summed E-state index contributed by atoms with van der Waals surface area (Å²) in [6, 6.07) is 8.03. The molecule has 0 radical (unpaired) electrons. The van der Waals surface area contributed by atoms with Gasteiger partial charge in [0.15, 0.2) is 6.10 Å². The number of ether oxygens (including phenoxy) is 1. The number of carbonyl (C=O) groups is 1. The predicted octanol–water partition coefficient (Wildman–Crippen LogP) is 2.65. The molecule has 2 atom stereocenters. The molecule has 2 rings (SSSR count). The van der Waals surface area contributed by atoms with E-state index in [2.05, 4.69) is 25.2 Å². The lowest BCUT2D eigenvalue weighted by Gasteiger charge is -2.22. The van der Waals surface area contributed by atoms with Gasteiger partial charge in [0.2, 0.25) is 0 Å². The fraction of sp³-hybridized carbons (Fsp3) is 0.611. The van der Waals surface area contributed by atoms with E-state index in [1.807, 2.05) is 37.1 Å². The van der Waals surface area contributed by atoms with E-state index in [-0.39, 0.29) is 5.91 Å². The second-order valence-corrected chi connectivity index (χ2v) is 6.48. The molecule has 0 spiro atoms. The zero-order valence-corrected chi connectivity index (χ0v) is 14.1. The standard InChI is InChI=1S/C18H28N2O2/c1-13(2)16-6-5-7-17(10-16)22-14(3)18(21)20-9-8-15(12-20)11-19-4/h5-7,10,13-15,19H,8-9,11-12H2,1-4H3. The van der Waals surface area contributed by atoms with Crippen molar-refractivity contribution in [3.8, 4) is 5.75 Å². The molecule has 0 aliphatic carbocycles. The first-order valence-electron chi connectivity index (χ1n) is 8.21. The minimum absolute atomic E-state index is 0.0913. The maximum atomic E-state index is 12.5. The molecular weight excluding hydrogens is 276 g/mol. The molecule has 1 aliphatic heterocycles. The molecular formula is C18H28N2O2. The minimum Gasteiger partial charge on any atom is -0.481 e. The van der Waals surface area contributed by atoms with Crippen molar-refractivity contribution in [3.05, 3.63) is 29.8 Å². The van der Waals surface area contributed by atoms with Gasteiger partial charge in [0.05, 0.1) is 0 Å². The Morgan fingerprint density at radius 3 is 2.86 bits per heavy atom. The highest BCUT2D eigenvalue weighted by atomic mass is 16.5. The molecule has 0 aromatic heterocycles. The molecule has 1 saturated heterocycles. The van der Waals surface area contributed by atoms with Crippen LogP contribution in [0.2, 0.25) is 0 Å². The summed E-state index contributed by atoms with van der Waals surface area (Å²) in [4.78, 5) is 14.4. The first kappa shape index (κ1) is 16.8. The molecule has 1 N–H and O–H groups in total. The average Bonchev–Trinajstić information content (AvgIpc) is 2.95. The Balaban J connectivity index is 1.93. The molecule has 1 fully saturated rings. The van der Waals surface area contributed by atoms with Crippen molar-refractivity contribution in [3.63, 3.8) is 0 Å². The smallest absolute Gasteiger partial charge is 0.263 e. The molecule has 1 aromatic carbocycles. The number of nitrogens with zero attached hydrogens (tertiary/aromatic N) is 1. The number of hydrogen-bond donors (Lipinski definition) is 1. The Hall–Kier alpha value is -1.55. The topological polar surface area (TPSA) is 41.6 Å². The van der Waals surface area contributed by atoms with Crippen LogP contribution in [-0.2, 0) is 4.79 Å². The molecule has 4 heteroatoms. The van der Waals surface area contributed by atoms with Crippen molar-refractivity contribution in [2.24, 2.45) is 5.92 Å². The Labute approximate surface area is 133 Å². The summed E-state index contributed by atoms with van der Waals surface area (Å²) in [7, 11) is 1.96. The van der Waals surface area contributed by atoms with Gasteiger partial charge in [0, 0.05) is 13.1 Å². The van der Waals surface area contributed by atoms with Gasteiger partial charge in [-0.1, -0.05) is 26.0 Å². The van der Waals surface area contributed by atoms with Gasteiger partial charge >= 0.3 is 0 Å². The van der Waals surface area contributed by atoms with Gasteiger partial charge in [-0.25, -0.2) is 0 Å². The fourth-order valence-electron chi connectivity index (χ4n) is 2.95. The summed E-state index contributed by atoms with van der Waals surface area (Å²) in [5.74, 6) is 1.88. The fourth-order valence-corrected chi connectivity index (χ4v) is 2.95.